The number of hydrogen-bond donors (Lipinski definition) is 2. The molecule has 8 nitrogen and oxygen atoms in total. The predicted octanol–water partition coefficient (Wildman–Crippen LogP) is 2.74. The number of nitrogens with one attached hydrogen (secondary N) is 1. The quantitative estimate of drug-likeness (QED) is 0.470. The van der Waals surface area contributed by atoms with Crippen molar-refractivity contribution in [3.63, 3.8) is 0 Å². The summed E-state index contributed by atoms with van der Waals surface area (Å²) in [5, 5.41) is 11.8. The van der Waals surface area contributed by atoms with Crippen LogP contribution in [0.4, 0.5) is 0 Å². The normalized spacial score (nSPS) is 20.0. The number of benzene rings is 2. The molecule has 1 aliphatic heterocycles. The van der Waals surface area contributed by atoms with Gasteiger partial charge in [0.05, 0.1) is 17.3 Å². The monoisotopic (exact) mass is 488 g/mol. The molecular weight excluding hydrogens is 456 g/mol. The summed E-state index contributed by atoms with van der Waals surface area (Å²) in [6.07, 6.45) is -0.141. The molecule has 0 unspecified atom stereocenters. The number of carbonyl (C=O) groups is 1. The molecule has 2 atom stereocenters. The van der Waals surface area contributed by atoms with E-state index in [1.165, 1.54) is 0 Å². The minimum atomic E-state index is -3.61. The highest BCUT2D eigenvalue weighted by atomic mass is 32.2. The first-order valence-corrected chi connectivity index (χ1v) is 13.0. The average molecular weight is 489 g/mol. The maximum atomic E-state index is 13.3. The van der Waals surface area contributed by atoms with Gasteiger partial charge < -0.3 is 19.9 Å². The minimum Gasteiger partial charge on any atom is -0.494 e. The molecule has 0 aliphatic carbocycles. The molecule has 9 heteroatoms. The summed E-state index contributed by atoms with van der Waals surface area (Å²) < 4.78 is 37.4. The van der Waals surface area contributed by atoms with Gasteiger partial charge in [-0.1, -0.05) is 18.2 Å². The molecule has 0 spiro atoms. The molecule has 3 rings (SSSR count). The number of carbonyl (C=O) groups excluding carboxylic acids is 1. The molecule has 34 heavy (non-hydrogen) atoms. The highest BCUT2D eigenvalue weighted by Crippen LogP contribution is 2.33. The molecule has 0 fully saturated rings. The number of aliphatic imine (C=N–C) groups is 1. The molecule has 2 aromatic carbocycles. The van der Waals surface area contributed by atoms with E-state index in [1.807, 2.05) is 13.8 Å². The highest BCUT2D eigenvalue weighted by Gasteiger charge is 2.50. The van der Waals surface area contributed by atoms with Crippen LogP contribution in [0.3, 0.4) is 0 Å². The molecule has 1 amide bonds. The van der Waals surface area contributed by atoms with E-state index in [0.717, 1.165) is 0 Å². The second-order valence-electron chi connectivity index (χ2n) is 8.56. The van der Waals surface area contributed by atoms with E-state index in [-0.39, 0.29) is 41.5 Å². The third-order valence-corrected chi connectivity index (χ3v) is 7.33. The Morgan fingerprint density at radius 2 is 1.85 bits per heavy atom. The lowest BCUT2D eigenvalue weighted by atomic mass is 9.90. The van der Waals surface area contributed by atoms with E-state index in [1.54, 1.807) is 61.5 Å². The lowest BCUT2D eigenvalue weighted by Gasteiger charge is -2.29. The molecule has 1 aliphatic rings. The Bertz CT molecular complexity index is 1100. The molecule has 0 radical (unpaired) electrons. The Hall–Kier alpha value is -2.91. The molecule has 0 bridgehead atoms. The second-order valence-corrected chi connectivity index (χ2v) is 10.7. The van der Waals surface area contributed by atoms with E-state index in [0.29, 0.717) is 24.3 Å². The van der Waals surface area contributed by atoms with Gasteiger partial charge in [-0.25, -0.2) is 13.4 Å². The summed E-state index contributed by atoms with van der Waals surface area (Å²) >= 11 is 0. The average Bonchev–Trinajstić information content (AvgIpc) is 3.16. The Morgan fingerprint density at radius 3 is 2.47 bits per heavy atom. The van der Waals surface area contributed by atoms with Crippen molar-refractivity contribution in [3.8, 4) is 5.75 Å². The number of sulfone groups is 1. The number of rotatable bonds is 11. The van der Waals surface area contributed by atoms with Gasteiger partial charge in [0.1, 0.15) is 11.9 Å². The van der Waals surface area contributed by atoms with Gasteiger partial charge in [0.15, 0.2) is 15.4 Å². The summed E-state index contributed by atoms with van der Waals surface area (Å²) in [7, 11) is -3.61. The van der Waals surface area contributed by atoms with Gasteiger partial charge in [-0.3, -0.25) is 4.79 Å². The third kappa shape index (κ3) is 5.95. The molecule has 0 aromatic heterocycles. The Morgan fingerprint density at radius 1 is 1.18 bits per heavy atom. The fourth-order valence-electron chi connectivity index (χ4n) is 3.68. The van der Waals surface area contributed by atoms with Crippen molar-refractivity contribution in [2.45, 2.75) is 56.2 Å². The minimum absolute atomic E-state index is 0.0181. The Labute approximate surface area is 200 Å². The predicted molar refractivity (Wildman–Crippen MR) is 130 cm³/mol. The van der Waals surface area contributed by atoms with Crippen LogP contribution in [0, 0.1) is 0 Å². The van der Waals surface area contributed by atoms with E-state index in [4.69, 9.17) is 14.6 Å². The summed E-state index contributed by atoms with van der Waals surface area (Å²) in [5.74, 6) is 0.314. The van der Waals surface area contributed by atoms with E-state index >= 15 is 0 Å². The van der Waals surface area contributed by atoms with Crippen molar-refractivity contribution in [1.29, 1.82) is 0 Å². The van der Waals surface area contributed by atoms with Crippen LogP contribution in [-0.4, -0.2) is 62.0 Å². The van der Waals surface area contributed by atoms with Crippen molar-refractivity contribution >= 4 is 21.6 Å². The standard InChI is InChI=1S/C25H32N2O6S/c1-18(2)26-24(29)25(14-17-34(30,31)22-8-5-4-6-9-22)19(3)33-23(27-25)20-10-12-21(13-11-20)32-16-7-15-28/h4-6,8-13,18-19,28H,7,14-17H2,1-3H3,(H,26,29)/t19-,25-/m1/s1. The second kappa shape index (κ2) is 11.0. The van der Waals surface area contributed by atoms with Crippen LogP contribution in [0.15, 0.2) is 64.5 Å². The Balaban J connectivity index is 1.87. The number of ether oxygens (including phenoxy) is 2. The van der Waals surface area contributed by atoms with Crippen LogP contribution in [0.1, 0.15) is 39.2 Å². The van der Waals surface area contributed by atoms with Crippen molar-refractivity contribution in [3.05, 3.63) is 60.2 Å². The largest absolute Gasteiger partial charge is 0.494 e. The Kier molecular flexibility index (Phi) is 8.33. The van der Waals surface area contributed by atoms with E-state index < -0.39 is 21.5 Å². The fraction of sp³-hybridized carbons (Fsp3) is 0.440. The van der Waals surface area contributed by atoms with Gasteiger partial charge in [-0.2, -0.15) is 0 Å². The number of hydrogen-bond acceptors (Lipinski definition) is 7. The number of aliphatic hydroxyl groups excluding tert-OH is 1. The molecule has 184 valence electrons. The number of amides is 1. The number of nitrogens with zero attached hydrogens (tertiary/aromatic N) is 1. The summed E-state index contributed by atoms with van der Waals surface area (Å²) in [6, 6.07) is 15.1. The SMILES string of the molecule is CC(C)NC(=O)[C@]1(CCS(=O)(=O)c2ccccc2)N=C(c2ccc(OCCCO)cc2)O[C@@H]1C. The first kappa shape index (κ1) is 25.7. The van der Waals surface area contributed by atoms with Gasteiger partial charge in [0, 0.05) is 24.6 Å². The van der Waals surface area contributed by atoms with Crippen molar-refractivity contribution in [2.75, 3.05) is 19.0 Å². The summed E-state index contributed by atoms with van der Waals surface area (Å²) in [5.41, 5.74) is -0.718. The zero-order chi connectivity index (χ0) is 24.8. The van der Waals surface area contributed by atoms with Gasteiger partial charge in [-0.15, -0.1) is 0 Å². The van der Waals surface area contributed by atoms with Crippen LogP contribution in [0.2, 0.25) is 0 Å². The van der Waals surface area contributed by atoms with Crippen LogP contribution >= 0.6 is 0 Å². The van der Waals surface area contributed by atoms with Gasteiger partial charge in [0.25, 0.3) is 5.91 Å². The van der Waals surface area contributed by atoms with Crippen LogP contribution in [0.5, 0.6) is 5.75 Å². The maximum Gasteiger partial charge on any atom is 0.252 e. The van der Waals surface area contributed by atoms with Crippen molar-refractivity contribution in [1.82, 2.24) is 5.32 Å². The molecule has 0 saturated carbocycles. The van der Waals surface area contributed by atoms with E-state index in [9.17, 15) is 13.2 Å². The number of aliphatic hydroxyl groups is 1. The molecule has 0 saturated heterocycles. The first-order chi connectivity index (χ1) is 16.2. The maximum absolute atomic E-state index is 13.3. The lowest BCUT2D eigenvalue weighted by Crippen LogP contribution is -2.53. The fourth-order valence-corrected chi connectivity index (χ4v) is 5.06. The molecule has 2 aromatic rings. The third-order valence-electron chi connectivity index (χ3n) is 5.60. The lowest BCUT2D eigenvalue weighted by molar-refractivity contribution is -0.129. The summed E-state index contributed by atoms with van der Waals surface area (Å²) in [4.78, 5) is 18.2. The zero-order valence-electron chi connectivity index (χ0n) is 19.7. The zero-order valence-corrected chi connectivity index (χ0v) is 20.5. The molecule has 1 heterocycles. The van der Waals surface area contributed by atoms with Gasteiger partial charge in [-0.05, 0) is 63.6 Å². The van der Waals surface area contributed by atoms with Crippen LogP contribution < -0.4 is 10.1 Å². The van der Waals surface area contributed by atoms with Crippen molar-refractivity contribution < 1.29 is 27.8 Å². The summed E-state index contributed by atoms with van der Waals surface area (Å²) in [6.45, 7) is 5.87. The first-order valence-electron chi connectivity index (χ1n) is 11.4. The molecule has 2 N–H and O–H groups in total. The highest BCUT2D eigenvalue weighted by molar-refractivity contribution is 7.91. The van der Waals surface area contributed by atoms with Crippen LogP contribution in [0.25, 0.3) is 0 Å². The van der Waals surface area contributed by atoms with Crippen LogP contribution in [-0.2, 0) is 19.4 Å². The topological polar surface area (TPSA) is 114 Å². The van der Waals surface area contributed by atoms with Gasteiger partial charge >= 0.3 is 0 Å². The van der Waals surface area contributed by atoms with Crippen molar-refractivity contribution in [2.24, 2.45) is 4.99 Å². The van der Waals surface area contributed by atoms with Gasteiger partial charge in [0.2, 0.25) is 5.90 Å². The molecular formula is C25H32N2O6S. The van der Waals surface area contributed by atoms with E-state index in [2.05, 4.69) is 10.3 Å². The smallest absolute Gasteiger partial charge is 0.252 e.